The van der Waals surface area contributed by atoms with Crippen molar-refractivity contribution in [3.05, 3.63) is 86.1 Å². The highest BCUT2D eigenvalue weighted by molar-refractivity contribution is 5.82. The molecule has 0 aliphatic carbocycles. The third-order valence-corrected chi connectivity index (χ3v) is 8.65. The molecule has 2 aromatic carbocycles. The summed E-state index contributed by atoms with van der Waals surface area (Å²) in [5, 5.41) is 12.5. The summed E-state index contributed by atoms with van der Waals surface area (Å²) in [7, 11) is 3.42. The molecule has 1 aromatic heterocycles. The quantitative estimate of drug-likeness (QED) is 0.276. The van der Waals surface area contributed by atoms with E-state index in [2.05, 4.69) is 5.32 Å². The molecule has 3 aromatic rings. The number of nitrogens with zero attached hydrogens (tertiary/aromatic N) is 2. The molecule has 260 valence electrons. The third-order valence-electron chi connectivity index (χ3n) is 8.65. The molecular weight excluding hydrogens is 630 g/mol. The van der Waals surface area contributed by atoms with Gasteiger partial charge in [0.1, 0.15) is 17.6 Å². The standard InChI is InChI=1S/C36H43F4N3O5/c1-21-14-22(2)33-25-16-23(3)34(37)26(17-25)28(19-32(45)46)41-35(47)29(10-8-6-7-9-13-48-30(33)15-21)43-20-24(11-12-42(4)5)27(18-31(43)44)36(38,39)40/h14-18,20,28-29H,6-13,19H2,1-5H3,(H,41,47)(H,45,46)/t28-,29-/m0/s1. The van der Waals surface area contributed by atoms with E-state index in [0.717, 1.165) is 33.9 Å². The normalized spacial score (nSPS) is 17.8. The molecule has 0 spiro atoms. The summed E-state index contributed by atoms with van der Waals surface area (Å²) < 4.78 is 65.0. The second-order valence-electron chi connectivity index (χ2n) is 12.9. The number of rotatable bonds is 6. The number of alkyl halides is 3. The lowest BCUT2D eigenvalue weighted by molar-refractivity contribution is -0.139. The molecule has 0 saturated heterocycles. The van der Waals surface area contributed by atoms with Crippen molar-refractivity contribution in [2.75, 3.05) is 27.2 Å². The van der Waals surface area contributed by atoms with Gasteiger partial charge in [-0.2, -0.15) is 13.2 Å². The van der Waals surface area contributed by atoms with Crippen LogP contribution in [-0.4, -0.2) is 53.7 Å². The molecule has 12 heteroatoms. The van der Waals surface area contributed by atoms with E-state index in [-0.39, 0.29) is 36.1 Å². The molecule has 8 nitrogen and oxygen atoms in total. The number of aliphatic carboxylic acids is 1. The Morgan fingerprint density at radius 1 is 1.02 bits per heavy atom. The number of carbonyl (C=O) groups excluding carboxylic acids is 1. The first-order chi connectivity index (χ1) is 22.6. The fourth-order valence-electron chi connectivity index (χ4n) is 6.30. The monoisotopic (exact) mass is 673 g/mol. The number of amides is 1. The summed E-state index contributed by atoms with van der Waals surface area (Å²) in [5.41, 5.74) is 1.07. The first-order valence-corrected chi connectivity index (χ1v) is 16.1. The number of hydrogen-bond donors (Lipinski definition) is 2. The smallest absolute Gasteiger partial charge is 0.416 e. The van der Waals surface area contributed by atoms with E-state index in [1.165, 1.54) is 6.07 Å². The molecule has 0 radical (unpaired) electrons. The lowest BCUT2D eigenvalue weighted by Crippen LogP contribution is -2.40. The number of carboxylic acids is 1. The van der Waals surface area contributed by atoms with Crippen molar-refractivity contribution in [2.45, 2.75) is 84.0 Å². The van der Waals surface area contributed by atoms with Crippen molar-refractivity contribution >= 4 is 11.9 Å². The Morgan fingerprint density at radius 2 is 1.73 bits per heavy atom. The average molecular weight is 674 g/mol. The third kappa shape index (κ3) is 8.83. The summed E-state index contributed by atoms with van der Waals surface area (Å²) in [5.74, 6) is -2.18. The molecule has 2 heterocycles. The van der Waals surface area contributed by atoms with Crippen LogP contribution < -0.4 is 15.6 Å². The number of aryl methyl sites for hydroxylation is 3. The highest BCUT2D eigenvalue weighted by atomic mass is 19.4. The first kappa shape index (κ1) is 36.6. The highest BCUT2D eigenvalue weighted by Crippen LogP contribution is 2.38. The van der Waals surface area contributed by atoms with Gasteiger partial charge in [-0.15, -0.1) is 0 Å². The maximum absolute atomic E-state index is 15.9. The van der Waals surface area contributed by atoms with Gasteiger partial charge in [0, 0.05) is 29.9 Å². The molecule has 0 unspecified atom stereocenters. The van der Waals surface area contributed by atoms with Gasteiger partial charge < -0.3 is 24.6 Å². The maximum Gasteiger partial charge on any atom is 0.416 e. The zero-order valence-corrected chi connectivity index (χ0v) is 28.0. The van der Waals surface area contributed by atoms with Gasteiger partial charge in [0.05, 0.1) is 24.6 Å². The van der Waals surface area contributed by atoms with Crippen LogP contribution in [0.15, 0.2) is 41.3 Å². The van der Waals surface area contributed by atoms with Gasteiger partial charge in [0.25, 0.3) is 5.56 Å². The number of ether oxygens (including phenoxy) is 1. The second kappa shape index (κ2) is 15.4. The van der Waals surface area contributed by atoms with Crippen molar-refractivity contribution in [2.24, 2.45) is 0 Å². The van der Waals surface area contributed by atoms with Crippen LogP contribution in [0.5, 0.6) is 5.75 Å². The van der Waals surface area contributed by atoms with Crippen molar-refractivity contribution in [1.82, 2.24) is 14.8 Å². The minimum absolute atomic E-state index is 0.0319. The number of hydrogen-bond acceptors (Lipinski definition) is 5. The molecule has 0 saturated carbocycles. The van der Waals surface area contributed by atoms with E-state index in [1.54, 1.807) is 32.0 Å². The van der Waals surface area contributed by atoms with Crippen LogP contribution in [0.3, 0.4) is 0 Å². The Morgan fingerprint density at radius 3 is 2.40 bits per heavy atom. The lowest BCUT2D eigenvalue weighted by atomic mass is 9.91. The van der Waals surface area contributed by atoms with Crippen LogP contribution in [0.1, 0.15) is 84.0 Å². The maximum atomic E-state index is 15.9. The number of aromatic nitrogens is 1. The molecule has 0 fully saturated rings. The molecular formula is C36H43F4N3O5. The van der Waals surface area contributed by atoms with Crippen LogP contribution in [0.25, 0.3) is 11.1 Å². The number of nitrogens with one attached hydrogen (secondary N) is 1. The molecule has 1 aliphatic heterocycles. The summed E-state index contributed by atoms with van der Waals surface area (Å²) in [6.07, 6.45) is -1.81. The number of halogens is 4. The summed E-state index contributed by atoms with van der Waals surface area (Å²) in [6, 6.07) is 4.91. The molecule has 48 heavy (non-hydrogen) atoms. The van der Waals surface area contributed by atoms with E-state index in [0.29, 0.717) is 43.2 Å². The highest BCUT2D eigenvalue weighted by Gasteiger charge is 2.36. The SMILES string of the molecule is Cc1cc(C)c2c(c1)OCCCCCC[C@H](n1cc(CCN(C)C)c(C(F)(F)F)cc1=O)C(=O)N[C@@H](CC(=O)O)c1cc-2cc(C)c1F. The predicted molar refractivity (Wildman–Crippen MR) is 175 cm³/mol. The number of carbonyl (C=O) groups is 2. The number of benzene rings is 2. The van der Waals surface area contributed by atoms with Gasteiger partial charge in [-0.25, -0.2) is 4.39 Å². The van der Waals surface area contributed by atoms with Crippen LogP contribution in [-0.2, 0) is 22.2 Å². The van der Waals surface area contributed by atoms with Crippen molar-refractivity contribution in [3.8, 4) is 16.9 Å². The fraction of sp³-hybridized carbons (Fsp3) is 0.472. The van der Waals surface area contributed by atoms with Crippen LogP contribution >= 0.6 is 0 Å². The molecule has 4 rings (SSSR count). The topological polar surface area (TPSA) is 101 Å². The van der Waals surface area contributed by atoms with Crippen LogP contribution in [0, 0.1) is 26.6 Å². The number of likely N-dealkylation sites (N-methyl/N-ethyl adjacent to an activating group) is 1. The molecule has 2 bridgehead atoms. The van der Waals surface area contributed by atoms with Crippen molar-refractivity contribution < 1.29 is 37.0 Å². The largest absolute Gasteiger partial charge is 0.493 e. The predicted octanol–water partition coefficient (Wildman–Crippen LogP) is 6.92. The van der Waals surface area contributed by atoms with Crippen LogP contribution in [0.4, 0.5) is 17.6 Å². The van der Waals surface area contributed by atoms with Crippen molar-refractivity contribution in [3.63, 3.8) is 0 Å². The average Bonchev–Trinajstić information content (AvgIpc) is 2.97. The van der Waals surface area contributed by atoms with Crippen LogP contribution in [0.2, 0.25) is 0 Å². The van der Waals surface area contributed by atoms with E-state index in [1.807, 2.05) is 26.0 Å². The molecule has 1 amide bonds. The number of carboxylic acid groups (broad SMARTS) is 1. The van der Waals surface area contributed by atoms with Crippen molar-refractivity contribution in [1.29, 1.82) is 0 Å². The summed E-state index contributed by atoms with van der Waals surface area (Å²) in [4.78, 5) is 41.1. The Bertz CT molecular complexity index is 1720. The van der Waals surface area contributed by atoms with Gasteiger partial charge in [-0.1, -0.05) is 25.3 Å². The second-order valence-corrected chi connectivity index (χ2v) is 12.9. The first-order valence-electron chi connectivity index (χ1n) is 16.1. The van der Waals surface area contributed by atoms with Gasteiger partial charge in [-0.05, 0) is 100 Å². The number of pyridine rings is 1. The Kier molecular flexibility index (Phi) is 11.7. The molecule has 2 N–H and O–H groups in total. The zero-order chi connectivity index (χ0) is 35.3. The minimum Gasteiger partial charge on any atom is -0.493 e. The Labute approximate surface area is 277 Å². The number of fused-ring (bicyclic) bond motifs is 4. The lowest BCUT2D eigenvalue weighted by Gasteiger charge is -2.26. The minimum atomic E-state index is -4.78. The molecule has 1 aliphatic rings. The van der Waals surface area contributed by atoms with Gasteiger partial charge in [-0.3, -0.25) is 14.4 Å². The Hall–Kier alpha value is -4.19. The van der Waals surface area contributed by atoms with E-state index in [9.17, 15) is 32.7 Å². The Balaban J connectivity index is 1.87. The van der Waals surface area contributed by atoms with Gasteiger partial charge >= 0.3 is 12.1 Å². The van der Waals surface area contributed by atoms with Gasteiger partial charge in [0.2, 0.25) is 5.91 Å². The fourth-order valence-corrected chi connectivity index (χ4v) is 6.30. The summed E-state index contributed by atoms with van der Waals surface area (Å²) >= 11 is 0. The molecule has 2 atom stereocenters. The van der Waals surface area contributed by atoms with Gasteiger partial charge in [0.15, 0.2) is 0 Å². The van der Waals surface area contributed by atoms with E-state index >= 15 is 4.39 Å². The van der Waals surface area contributed by atoms with E-state index < -0.39 is 53.5 Å². The zero-order valence-electron chi connectivity index (χ0n) is 28.0. The summed E-state index contributed by atoms with van der Waals surface area (Å²) in [6.45, 7) is 6.05. The van der Waals surface area contributed by atoms with E-state index in [4.69, 9.17) is 4.74 Å².